The highest BCUT2D eigenvalue weighted by molar-refractivity contribution is 7.45. The lowest BCUT2D eigenvalue weighted by Crippen LogP contribution is -2.46. The van der Waals surface area contributed by atoms with Crippen LogP contribution in [-0.2, 0) is 18.4 Å². The van der Waals surface area contributed by atoms with Crippen LogP contribution in [0.5, 0.6) is 0 Å². The SMILES string of the molecule is CCC/C=C\C/C=C\CCCCCCCC(=O)NC(COP(=O)([O-])OCC[N+](C)(C)C)C(O)CCCCCCCCCCCCCCCCCCCCCCCCCCCCCCCCCCC. The van der Waals surface area contributed by atoms with Crippen LogP contribution in [0.2, 0.25) is 0 Å². The van der Waals surface area contributed by atoms with E-state index in [-0.39, 0.29) is 19.1 Å². The number of allylic oxidation sites excluding steroid dienone is 4. The fraction of sp³-hybridized carbons (Fsp3) is 0.915. The number of phosphoric ester groups is 1. The van der Waals surface area contributed by atoms with Gasteiger partial charge in [0.05, 0.1) is 39.9 Å². The van der Waals surface area contributed by atoms with Gasteiger partial charge in [-0.15, -0.1) is 0 Å². The van der Waals surface area contributed by atoms with Gasteiger partial charge in [-0.2, -0.15) is 0 Å². The van der Waals surface area contributed by atoms with E-state index in [9.17, 15) is 19.4 Å². The number of nitrogens with one attached hydrogen (secondary N) is 1. The van der Waals surface area contributed by atoms with Gasteiger partial charge < -0.3 is 28.8 Å². The number of aliphatic hydroxyl groups is 1. The molecule has 0 bridgehead atoms. The van der Waals surface area contributed by atoms with E-state index in [2.05, 4.69) is 43.5 Å². The lowest BCUT2D eigenvalue weighted by Gasteiger charge is -2.30. The van der Waals surface area contributed by atoms with Gasteiger partial charge in [0.1, 0.15) is 13.2 Å². The van der Waals surface area contributed by atoms with Gasteiger partial charge in [-0.25, -0.2) is 0 Å². The van der Waals surface area contributed by atoms with Crippen molar-refractivity contribution in [2.45, 2.75) is 309 Å². The molecule has 0 rings (SSSR count). The molecule has 0 aromatic rings. The Kier molecular flexibility index (Phi) is 50.1. The molecule has 0 aliphatic rings. The molecule has 2 N–H and O–H groups in total. The molecular weight excluding hydrogens is 864 g/mol. The highest BCUT2D eigenvalue weighted by Gasteiger charge is 2.24. The molecule has 1 amide bonds. The standard InChI is InChI=1S/C59H117N2O6P/c1-6-8-10-12-14-16-18-20-21-22-23-24-25-26-27-28-29-30-31-32-33-34-35-36-37-38-39-41-42-44-46-48-50-52-58(62)57(56-67-68(64,65)66-55-54-61(3,4)5)60-59(63)53-51-49-47-45-43-40-19-17-15-13-11-9-7-2/h11,13,17,19,57-58,62H,6-10,12,14-16,18,20-56H2,1-5H3,(H-,60,63,64,65)/b13-11-,19-17-. The first-order valence-electron chi connectivity index (χ1n) is 29.7. The molecule has 0 radical (unpaired) electrons. The molecule has 9 heteroatoms. The topological polar surface area (TPSA) is 108 Å². The van der Waals surface area contributed by atoms with E-state index in [4.69, 9.17) is 9.05 Å². The predicted octanol–water partition coefficient (Wildman–Crippen LogP) is 17.4. The molecule has 0 saturated heterocycles. The summed E-state index contributed by atoms with van der Waals surface area (Å²) in [5.74, 6) is -0.176. The van der Waals surface area contributed by atoms with E-state index in [1.807, 2.05) is 21.1 Å². The number of phosphoric acid groups is 1. The Labute approximate surface area is 424 Å². The summed E-state index contributed by atoms with van der Waals surface area (Å²) in [7, 11) is 1.30. The smallest absolute Gasteiger partial charge is 0.268 e. The molecule has 0 spiro atoms. The van der Waals surface area contributed by atoms with Crippen molar-refractivity contribution in [3.8, 4) is 0 Å². The Hall–Kier alpha value is -1.02. The molecule has 0 fully saturated rings. The molecular formula is C59H117N2O6P. The van der Waals surface area contributed by atoms with Crippen molar-refractivity contribution in [1.29, 1.82) is 0 Å². The number of aliphatic hydroxyl groups excluding tert-OH is 1. The fourth-order valence-corrected chi connectivity index (χ4v) is 9.75. The quantitative estimate of drug-likeness (QED) is 0.0272. The van der Waals surface area contributed by atoms with Gasteiger partial charge in [0.2, 0.25) is 5.91 Å². The molecule has 68 heavy (non-hydrogen) atoms. The number of hydrogen-bond acceptors (Lipinski definition) is 6. The number of nitrogens with zero attached hydrogens (tertiary/aromatic N) is 1. The van der Waals surface area contributed by atoms with E-state index in [1.165, 1.54) is 199 Å². The number of likely N-dealkylation sites (N-methyl/N-ethyl adjacent to an activating group) is 1. The minimum atomic E-state index is -4.57. The monoisotopic (exact) mass is 981 g/mol. The highest BCUT2D eigenvalue weighted by Crippen LogP contribution is 2.38. The summed E-state index contributed by atoms with van der Waals surface area (Å²) in [5.41, 5.74) is 0. The summed E-state index contributed by atoms with van der Waals surface area (Å²) < 4.78 is 23.4. The van der Waals surface area contributed by atoms with Gasteiger partial charge in [-0.3, -0.25) is 9.36 Å². The Balaban J connectivity index is 3.96. The van der Waals surface area contributed by atoms with Crippen LogP contribution in [0, 0.1) is 0 Å². The summed E-state index contributed by atoms with van der Waals surface area (Å²) in [5, 5.41) is 14.0. The molecule has 0 saturated carbocycles. The molecule has 404 valence electrons. The van der Waals surface area contributed by atoms with Crippen LogP contribution in [0.1, 0.15) is 296 Å². The number of quaternary nitrogens is 1. The van der Waals surface area contributed by atoms with Gasteiger partial charge >= 0.3 is 0 Å². The Morgan fingerprint density at radius 3 is 1.28 bits per heavy atom. The number of unbranched alkanes of at least 4 members (excludes halogenated alkanes) is 38. The van der Waals surface area contributed by atoms with Gasteiger partial charge in [-0.1, -0.05) is 276 Å². The van der Waals surface area contributed by atoms with E-state index < -0.39 is 20.0 Å². The van der Waals surface area contributed by atoms with Crippen LogP contribution in [0.3, 0.4) is 0 Å². The van der Waals surface area contributed by atoms with Crippen molar-refractivity contribution in [3.63, 3.8) is 0 Å². The van der Waals surface area contributed by atoms with Crippen LogP contribution < -0.4 is 10.2 Å². The second-order valence-electron chi connectivity index (χ2n) is 21.7. The summed E-state index contributed by atoms with van der Waals surface area (Å²) in [4.78, 5) is 25.4. The number of rotatable bonds is 55. The largest absolute Gasteiger partial charge is 0.756 e. The highest BCUT2D eigenvalue weighted by atomic mass is 31.2. The van der Waals surface area contributed by atoms with Gasteiger partial charge in [0, 0.05) is 6.42 Å². The maximum absolute atomic E-state index is 12.9. The number of carbonyl (C=O) groups is 1. The third kappa shape index (κ3) is 52.8. The summed E-state index contributed by atoms with van der Waals surface area (Å²) in [6.45, 7) is 4.67. The van der Waals surface area contributed by atoms with Gasteiger partial charge in [0.25, 0.3) is 7.82 Å². The Morgan fingerprint density at radius 1 is 0.515 bits per heavy atom. The van der Waals surface area contributed by atoms with Crippen LogP contribution in [0.15, 0.2) is 24.3 Å². The zero-order valence-corrected chi connectivity index (χ0v) is 47.0. The molecule has 3 unspecified atom stereocenters. The van der Waals surface area contributed by atoms with Crippen LogP contribution >= 0.6 is 7.82 Å². The normalized spacial score (nSPS) is 14.0. The van der Waals surface area contributed by atoms with Crippen molar-refractivity contribution < 1.29 is 32.9 Å². The summed E-state index contributed by atoms with van der Waals surface area (Å²) >= 11 is 0. The maximum atomic E-state index is 12.9. The van der Waals surface area contributed by atoms with Crippen LogP contribution in [0.4, 0.5) is 0 Å². The minimum Gasteiger partial charge on any atom is -0.756 e. The fourth-order valence-electron chi connectivity index (χ4n) is 9.02. The van der Waals surface area contributed by atoms with Gasteiger partial charge in [-0.05, 0) is 38.5 Å². The molecule has 3 atom stereocenters. The first-order valence-corrected chi connectivity index (χ1v) is 31.1. The third-order valence-corrected chi connectivity index (χ3v) is 14.6. The van der Waals surface area contributed by atoms with Crippen molar-refractivity contribution in [3.05, 3.63) is 24.3 Å². The number of carbonyl (C=O) groups excluding carboxylic acids is 1. The van der Waals surface area contributed by atoms with E-state index in [1.54, 1.807) is 0 Å². The first kappa shape index (κ1) is 67.0. The molecule has 0 aliphatic carbocycles. The average molecular weight is 982 g/mol. The van der Waals surface area contributed by atoms with E-state index in [0.29, 0.717) is 23.9 Å². The van der Waals surface area contributed by atoms with Crippen LogP contribution in [0.25, 0.3) is 0 Å². The third-order valence-electron chi connectivity index (χ3n) is 13.7. The Bertz CT molecular complexity index is 1160. The first-order chi connectivity index (χ1) is 33.0. The number of hydrogen-bond donors (Lipinski definition) is 2. The van der Waals surface area contributed by atoms with Gasteiger partial charge in [0.15, 0.2) is 0 Å². The lowest BCUT2D eigenvalue weighted by atomic mass is 10.0. The summed E-state index contributed by atoms with van der Waals surface area (Å²) in [6.07, 6.45) is 63.8. The predicted molar refractivity (Wildman–Crippen MR) is 293 cm³/mol. The molecule has 0 aliphatic heterocycles. The number of amides is 1. The van der Waals surface area contributed by atoms with E-state index in [0.717, 1.165) is 70.6 Å². The van der Waals surface area contributed by atoms with Crippen LogP contribution in [-0.4, -0.2) is 68.5 Å². The van der Waals surface area contributed by atoms with Crippen molar-refractivity contribution >= 4 is 13.7 Å². The minimum absolute atomic E-state index is 0.0102. The molecule has 0 heterocycles. The second kappa shape index (κ2) is 50.9. The zero-order valence-electron chi connectivity index (χ0n) is 46.1. The second-order valence-corrected chi connectivity index (χ2v) is 23.1. The molecule has 0 aromatic heterocycles. The van der Waals surface area contributed by atoms with E-state index >= 15 is 0 Å². The molecule has 8 nitrogen and oxygen atoms in total. The zero-order chi connectivity index (χ0) is 49.9. The Morgan fingerprint density at radius 2 is 0.882 bits per heavy atom. The lowest BCUT2D eigenvalue weighted by molar-refractivity contribution is -0.870. The average Bonchev–Trinajstić information content (AvgIpc) is 3.30. The summed E-state index contributed by atoms with van der Waals surface area (Å²) in [6, 6.07) is -0.807. The molecule has 0 aromatic carbocycles. The van der Waals surface area contributed by atoms with Crippen molar-refractivity contribution in [1.82, 2.24) is 5.32 Å². The van der Waals surface area contributed by atoms with Crippen molar-refractivity contribution in [2.24, 2.45) is 0 Å². The van der Waals surface area contributed by atoms with Crippen molar-refractivity contribution in [2.75, 3.05) is 40.9 Å². The maximum Gasteiger partial charge on any atom is 0.268 e.